The van der Waals surface area contributed by atoms with E-state index in [9.17, 15) is 28.2 Å². The number of aliphatic carboxylic acids is 1. The fourth-order valence-corrected chi connectivity index (χ4v) is 5.12. The second-order valence-electron chi connectivity index (χ2n) is 9.56. The van der Waals surface area contributed by atoms with Crippen LogP contribution in [0, 0.1) is 41.1 Å². The van der Waals surface area contributed by atoms with E-state index in [2.05, 4.69) is 16.8 Å². The molecule has 4 rings (SSSR count). The van der Waals surface area contributed by atoms with Crippen molar-refractivity contribution in [3.63, 3.8) is 0 Å². The van der Waals surface area contributed by atoms with Crippen molar-refractivity contribution in [2.24, 2.45) is 11.8 Å². The minimum absolute atomic E-state index is 0.0105. The van der Waals surface area contributed by atoms with Gasteiger partial charge in [0.05, 0.1) is 37.0 Å². The third-order valence-corrected chi connectivity index (χ3v) is 7.08. The minimum atomic E-state index is -1.09. The van der Waals surface area contributed by atoms with Crippen molar-refractivity contribution in [1.82, 2.24) is 9.88 Å². The molecule has 0 unspecified atom stereocenters. The van der Waals surface area contributed by atoms with Gasteiger partial charge in [-0.3, -0.25) is 14.7 Å². The van der Waals surface area contributed by atoms with Gasteiger partial charge in [-0.2, -0.15) is 0 Å². The molecule has 1 aromatic heterocycles. The number of pyridine rings is 1. The molecular formula is C29H29F3N2O4. The molecule has 200 valence electrons. The van der Waals surface area contributed by atoms with Crippen LogP contribution in [0.5, 0.6) is 5.75 Å². The van der Waals surface area contributed by atoms with Crippen molar-refractivity contribution in [2.45, 2.75) is 31.8 Å². The molecule has 0 spiro atoms. The van der Waals surface area contributed by atoms with Gasteiger partial charge in [-0.05, 0) is 74.0 Å². The lowest BCUT2D eigenvalue weighted by molar-refractivity contribution is -0.139. The number of benzene rings is 2. The fraction of sp³-hybridized carbons (Fsp3) is 0.379. The number of nitrogens with zero attached hydrogens (tertiary/aromatic N) is 2. The molecule has 3 atom stereocenters. The van der Waals surface area contributed by atoms with Crippen LogP contribution >= 0.6 is 0 Å². The Bertz CT molecular complexity index is 1370. The van der Waals surface area contributed by atoms with Gasteiger partial charge < -0.3 is 14.9 Å². The molecule has 0 bridgehead atoms. The maximum atomic E-state index is 14.8. The zero-order valence-electron chi connectivity index (χ0n) is 21.0. The number of ether oxygens (including phenoxy) is 1. The molecule has 1 aliphatic rings. The number of carboxylic acid groups (broad SMARTS) is 1. The first kappa shape index (κ1) is 27.4. The number of hydrogen-bond donors (Lipinski definition) is 2. The Morgan fingerprint density at radius 1 is 1.18 bits per heavy atom. The summed E-state index contributed by atoms with van der Waals surface area (Å²) in [6.07, 6.45) is 1.40. The highest BCUT2D eigenvalue weighted by Crippen LogP contribution is 2.35. The first-order chi connectivity index (χ1) is 18.2. The third-order valence-electron chi connectivity index (χ3n) is 7.08. The zero-order chi connectivity index (χ0) is 27.2. The molecule has 2 N–H and O–H groups in total. The van der Waals surface area contributed by atoms with E-state index in [1.54, 1.807) is 18.2 Å². The lowest BCUT2D eigenvalue weighted by atomic mass is 9.79. The Kier molecular flexibility index (Phi) is 8.87. The Morgan fingerprint density at radius 2 is 2.00 bits per heavy atom. The number of likely N-dealkylation sites (tertiary alicyclic amines) is 1. The molecule has 38 heavy (non-hydrogen) atoms. The zero-order valence-corrected chi connectivity index (χ0v) is 21.0. The number of hydrogen-bond acceptors (Lipinski definition) is 5. The number of carbonyl (C=O) groups is 1. The minimum Gasteiger partial charge on any atom is -0.497 e. The van der Waals surface area contributed by atoms with Gasteiger partial charge in [-0.1, -0.05) is 11.8 Å². The summed E-state index contributed by atoms with van der Waals surface area (Å²) in [6, 6.07) is 8.16. The molecule has 0 saturated carbocycles. The second kappa shape index (κ2) is 12.3. The highest BCUT2D eigenvalue weighted by atomic mass is 19.1. The number of piperidine rings is 1. The van der Waals surface area contributed by atoms with Crippen molar-refractivity contribution in [3.8, 4) is 17.6 Å². The number of rotatable bonds is 8. The van der Waals surface area contributed by atoms with Crippen molar-refractivity contribution in [3.05, 3.63) is 71.2 Å². The Labute approximate surface area is 219 Å². The van der Waals surface area contributed by atoms with E-state index in [4.69, 9.17) is 4.74 Å². The molecule has 0 radical (unpaired) electrons. The van der Waals surface area contributed by atoms with Gasteiger partial charge in [0.1, 0.15) is 23.2 Å². The van der Waals surface area contributed by atoms with Gasteiger partial charge in [0, 0.05) is 23.9 Å². The molecule has 1 aliphatic heterocycles. The molecule has 6 nitrogen and oxygen atoms in total. The van der Waals surface area contributed by atoms with E-state index in [1.807, 2.05) is 4.90 Å². The molecule has 0 amide bonds. The van der Waals surface area contributed by atoms with Crippen LogP contribution in [0.15, 0.2) is 42.6 Å². The van der Waals surface area contributed by atoms with Crippen LogP contribution in [0.1, 0.15) is 42.9 Å². The molecule has 9 heteroatoms. The van der Waals surface area contributed by atoms with E-state index in [1.165, 1.54) is 7.11 Å². The Balaban J connectivity index is 1.42. The summed E-state index contributed by atoms with van der Waals surface area (Å²) in [7, 11) is 1.50. The molecule has 2 aromatic carbocycles. The van der Waals surface area contributed by atoms with Gasteiger partial charge in [0.25, 0.3) is 0 Å². The lowest BCUT2D eigenvalue weighted by Crippen LogP contribution is -2.41. The number of aliphatic hydroxyl groups excluding tert-OH is 1. The Morgan fingerprint density at radius 3 is 2.76 bits per heavy atom. The van der Waals surface area contributed by atoms with Gasteiger partial charge in [-0.25, -0.2) is 13.2 Å². The predicted molar refractivity (Wildman–Crippen MR) is 136 cm³/mol. The number of carboxylic acids is 1. The number of halogens is 3. The normalized spacial score (nSPS) is 18.6. The van der Waals surface area contributed by atoms with E-state index >= 15 is 0 Å². The topological polar surface area (TPSA) is 82.9 Å². The number of fused-ring (bicyclic) bond motifs is 1. The monoisotopic (exact) mass is 526 g/mol. The maximum absolute atomic E-state index is 14.8. The smallest absolute Gasteiger partial charge is 0.303 e. The average Bonchev–Trinajstić information content (AvgIpc) is 2.89. The number of aromatic nitrogens is 1. The highest BCUT2D eigenvalue weighted by molar-refractivity contribution is 5.84. The van der Waals surface area contributed by atoms with E-state index in [-0.39, 0.29) is 42.3 Å². The van der Waals surface area contributed by atoms with Crippen LogP contribution in [0.25, 0.3) is 10.9 Å². The largest absolute Gasteiger partial charge is 0.497 e. The standard InChI is InChI=1S/C29H29F3N2O4/c1-38-22-6-8-26-23(15-22)29(25(32)16-33-26)27(35)9-4-18-10-12-34(17-20(18)14-28(36)37)11-2-3-19-13-21(30)5-7-24(19)31/h5-8,13,15-16,18,20,27,35H,4,9-12,14,17H2,1H3,(H,36,37)/t18-,20+,27+/m1/s1. The quantitative estimate of drug-likeness (QED) is 0.405. The summed E-state index contributed by atoms with van der Waals surface area (Å²) in [5, 5.41) is 20.9. The van der Waals surface area contributed by atoms with Gasteiger partial charge in [-0.15, -0.1) is 0 Å². The van der Waals surface area contributed by atoms with Crippen LogP contribution in [-0.4, -0.2) is 52.8 Å². The molecule has 0 aliphatic carbocycles. The first-order valence-electron chi connectivity index (χ1n) is 12.4. The van der Waals surface area contributed by atoms with E-state index in [0.717, 1.165) is 24.4 Å². The molecule has 2 heterocycles. The van der Waals surface area contributed by atoms with Gasteiger partial charge in [0.15, 0.2) is 0 Å². The van der Waals surface area contributed by atoms with Gasteiger partial charge in [0.2, 0.25) is 0 Å². The van der Waals surface area contributed by atoms with Gasteiger partial charge >= 0.3 is 5.97 Å². The molecule has 1 saturated heterocycles. The summed E-state index contributed by atoms with van der Waals surface area (Å²) in [6.45, 7) is 1.40. The fourth-order valence-electron chi connectivity index (χ4n) is 5.12. The third kappa shape index (κ3) is 6.63. The number of aliphatic hydroxyl groups is 1. The summed E-state index contributed by atoms with van der Waals surface area (Å²) in [5.41, 5.74) is 0.669. The first-order valence-corrected chi connectivity index (χ1v) is 12.4. The second-order valence-corrected chi connectivity index (χ2v) is 9.56. The van der Waals surface area contributed by atoms with Crippen molar-refractivity contribution in [1.29, 1.82) is 0 Å². The van der Waals surface area contributed by atoms with Crippen molar-refractivity contribution in [2.75, 3.05) is 26.7 Å². The lowest BCUT2D eigenvalue weighted by Gasteiger charge is -2.37. The van der Waals surface area contributed by atoms with Crippen LogP contribution < -0.4 is 4.74 Å². The summed E-state index contributed by atoms with van der Waals surface area (Å²) >= 11 is 0. The predicted octanol–water partition coefficient (Wildman–Crippen LogP) is 4.94. The molecule has 3 aromatic rings. The average molecular weight is 527 g/mol. The number of methoxy groups -OCH3 is 1. The van der Waals surface area contributed by atoms with E-state index in [0.29, 0.717) is 42.6 Å². The highest BCUT2D eigenvalue weighted by Gasteiger charge is 2.31. The summed E-state index contributed by atoms with van der Waals surface area (Å²) in [4.78, 5) is 17.6. The van der Waals surface area contributed by atoms with Crippen LogP contribution in [0.2, 0.25) is 0 Å². The van der Waals surface area contributed by atoms with Crippen LogP contribution in [0.3, 0.4) is 0 Å². The molecular weight excluding hydrogens is 497 g/mol. The van der Waals surface area contributed by atoms with Crippen LogP contribution in [-0.2, 0) is 4.79 Å². The summed E-state index contributed by atoms with van der Waals surface area (Å²) in [5.74, 6) is 3.14. The van der Waals surface area contributed by atoms with Crippen molar-refractivity contribution < 1.29 is 32.9 Å². The molecule has 1 fully saturated rings. The van der Waals surface area contributed by atoms with E-state index < -0.39 is 29.5 Å². The SMILES string of the molecule is COc1ccc2ncc(F)c([C@@H](O)CC[C@@H]3CCN(CC#Cc4cc(F)ccc4F)C[C@@H]3CC(=O)O)c2c1. The van der Waals surface area contributed by atoms with Crippen LogP contribution in [0.4, 0.5) is 13.2 Å². The maximum Gasteiger partial charge on any atom is 0.303 e. The van der Waals surface area contributed by atoms with Crippen molar-refractivity contribution >= 4 is 16.9 Å². The summed E-state index contributed by atoms with van der Waals surface area (Å²) < 4.78 is 47.2. The Hall–Kier alpha value is -3.61.